The predicted octanol–water partition coefficient (Wildman–Crippen LogP) is 3.97. The lowest BCUT2D eigenvalue weighted by Gasteiger charge is -2.11. The molecule has 0 unspecified atom stereocenters. The smallest absolute Gasteiger partial charge is 0.197 e. The fourth-order valence-corrected chi connectivity index (χ4v) is 2.86. The Kier molecular flexibility index (Phi) is 4.81. The maximum atomic E-state index is 12.6. The van der Waals surface area contributed by atoms with E-state index in [4.69, 9.17) is 14.9 Å². The summed E-state index contributed by atoms with van der Waals surface area (Å²) in [6, 6.07) is 7.49. The van der Waals surface area contributed by atoms with Crippen molar-refractivity contribution in [2.24, 2.45) is 0 Å². The lowest BCUT2D eigenvalue weighted by molar-refractivity contribution is 0.417. The summed E-state index contributed by atoms with van der Waals surface area (Å²) < 4.78 is 11.2. The molecule has 0 fully saturated rings. The molecule has 0 aliphatic carbocycles. The largest absolute Gasteiger partial charge is 0.507 e. The maximum Gasteiger partial charge on any atom is 0.197 e. The molecule has 3 aromatic rings. The van der Waals surface area contributed by atoms with Gasteiger partial charge in [0, 0.05) is 23.3 Å². The number of benzene rings is 2. The van der Waals surface area contributed by atoms with E-state index < -0.39 is 5.43 Å². The average Bonchev–Trinajstić information content (AvgIpc) is 2.60. The van der Waals surface area contributed by atoms with E-state index in [1.165, 1.54) is 19.2 Å². The highest BCUT2D eigenvalue weighted by molar-refractivity contribution is 5.89. The summed E-state index contributed by atoms with van der Waals surface area (Å²) in [6.07, 6.45) is 2.27. The summed E-state index contributed by atoms with van der Waals surface area (Å²) in [5, 5.41) is 20.5. The minimum atomic E-state index is -0.405. The van der Waals surface area contributed by atoms with Crippen LogP contribution >= 0.6 is 0 Å². The number of nitrogens with two attached hydrogens (primary N) is 1. The van der Waals surface area contributed by atoms with E-state index in [2.05, 4.69) is 0 Å². The van der Waals surface area contributed by atoms with Crippen LogP contribution in [0.1, 0.15) is 19.4 Å². The van der Waals surface area contributed by atoms with Crippen molar-refractivity contribution in [2.75, 3.05) is 12.8 Å². The Balaban J connectivity index is 2.30. The number of hydrogen-bond acceptors (Lipinski definition) is 6. The molecule has 0 aliphatic rings. The van der Waals surface area contributed by atoms with Gasteiger partial charge in [0.1, 0.15) is 34.0 Å². The second-order valence-corrected chi connectivity index (χ2v) is 6.51. The number of methoxy groups -OCH3 is 1. The average molecular weight is 367 g/mol. The number of nitrogen functional groups attached to an aromatic ring is 1. The van der Waals surface area contributed by atoms with Crippen LogP contribution in [-0.4, -0.2) is 17.3 Å². The van der Waals surface area contributed by atoms with Gasteiger partial charge in [-0.3, -0.25) is 4.79 Å². The Bertz CT molecular complexity index is 1110. The molecule has 2 aromatic carbocycles. The first-order valence-corrected chi connectivity index (χ1v) is 8.40. The van der Waals surface area contributed by atoms with Crippen molar-refractivity contribution >= 4 is 16.7 Å². The van der Waals surface area contributed by atoms with Gasteiger partial charge in [0.25, 0.3) is 0 Å². The van der Waals surface area contributed by atoms with E-state index in [0.29, 0.717) is 29.0 Å². The predicted molar refractivity (Wildman–Crippen MR) is 105 cm³/mol. The first kappa shape index (κ1) is 18.4. The number of phenolic OH excluding ortho intramolecular Hbond substituents is 2. The summed E-state index contributed by atoms with van der Waals surface area (Å²) in [7, 11) is 1.50. The van der Waals surface area contributed by atoms with Crippen molar-refractivity contribution in [3.8, 4) is 28.6 Å². The Morgan fingerprint density at radius 2 is 1.93 bits per heavy atom. The number of fused-ring (bicyclic) bond motifs is 1. The second kappa shape index (κ2) is 7.07. The molecular formula is C21H21NO5. The van der Waals surface area contributed by atoms with Crippen LogP contribution in [0.5, 0.6) is 17.2 Å². The molecule has 3 rings (SSSR count). The highest BCUT2D eigenvalue weighted by Gasteiger charge is 2.18. The summed E-state index contributed by atoms with van der Waals surface area (Å²) in [4.78, 5) is 12.6. The number of hydrogen-bond donors (Lipinski definition) is 3. The molecule has 0 saturated heterocycles. The van der Waals surface area contributed by atoms with Crippen LogP contribution < -0.4 is 15.9 Å². The van der Waals surface area contributed by atoms with Crippen molar-refractivity contribution in [1.82, 2.24) is 0 Å². The van der Waals surface area contributed by atoms with Gasteiger partial charge in [0.05, 0.1) is 12.8 Å². The molecule has 1 heterocycles. The number of aromatic hydroxyl groups is 2. The third kappa shape index (κ3) is 3.46. The van der Waals surface area contributed by atoms with Crippen LogP contribution in [0, 0.1) is 0 Å². The van der Waals surface area contributed by atoms with Crippen LogP contribution in [0.4, 0.5) is 5.69 Å². The van der Waals surface area contributed by atoms with Gasteiger partial charge in [-0.15, -0.1) is 0 Å². The van der Waals surface area contributed by atoms with Gasteiger partial charge in [0.2, 0.25) is 0 Å². The van der Waals surface area contributed by atoms with Crippen molar-refractivity contribution in [2.45, 2.75) is 20.3 Å². The van der Waals surface area contributed by atoms with E-state index in [-0.39, 0.29) is 28.2 Å². The Hall–Kier alpha value is -3.41. The molecule has 0 radical (unpaired) electrons. The standard InChI is InChI=1S/C21H21NO5/c1-11(2)4-6-13-15(23)9-16(24)20-17(25)10-18(27-21(13)20)12-5-7-14(22)19(8-12)26-3/h4-5,7-10,23-24H,6,22H2,1-3H3. The number of ether oxygens (including phenoxy) is 1. The molecule has 6 nitrogen and oxygen atoms in total. The number of allylic oxidation sites excluding steroid dienone is 2. The quantitative estimate of drug-likeness (QED) is 0.476. The lowest BCUT2D eigenvalue weighted by Crippen LogP contribution is -2.03. The molecule has 6 heteroatoms. The molecular weight excluding hydrogens is 346 g/mol. The third-order valence-electron chi connectivity index (χ3n) is 4.29. The van der Waals surface area contributed by atoms with E-state index in [0.717, 1.165) is 5.57 Å². The van der Waals surface area contributed by atoms with Gasteiger partial charge in [-0.1, -0.05) is 11.6 Å². The summed E-state index contributed by atoms with van der Waals surface area (Å²) in [5.74, 6) is 0.291. The Morgan fingerprint density at radius 1 is 1.19 bits per heavy atom. The molecule has 0 spiro atoms. The van der Waals surface area contributed by atoms with Gasteiger partial charge in [0.15, 0.2) is 5.43 Å². The summed E-state index contributed by atoms with van der Waals surface area (Å²) in [6.45, 7) is 3.86. The van der Waals surface area contributed by atoms with Crippen molar-refractivity contribution < 1.29 is 19.4 Å². The van der Waals surface area contributed by atoms with Crippen LogP contribution in [0.3, 0.4) is 0 Å². The van der Waals surface area contributed by atoms with E-state index in [1.54, 1.807) is 18.2 Å². The van der Waals surface area contributed by atoms with Crippen LogP contribution in [0.25, 0.3) is 22.3 Å². The number of rotatable bonds is 4. The molecule has 0 aliphatic heterocycles. The minimum absolute atomic E-state index is 0.0381. The topological polar surface area (TPSA) is 106 Å². The summed E-state index contributed by atoms with van der Waals surface area (Å²) in [5.41, 5.74) is 8.14. The molecule has 1 aromatic heterocycles. The zero-order valence-electron chi connectivity index (χ0n) is 15.4. The van der Waals surface area contributed by atoms with E-state index in [1.807, 2.05) is 19.9 Å². The number of anilines is 1. The molecule has 0 saturated carbocycles. The van der Waals surface area contributed by atoms with Gasteiger partial charge >= 0.3 is 0 Å². The van der Waals surface area contributed by atoms with Crippen LogP contribution in [-0.2, 0) is 6.42 Å². The monoisotopic (exact) mass is 367 g/mol. The fourth-order valence-electron chi connectivity index (χ4n) is 2.86. The molecule has 140 valence electrons. The van der Waals surface area contributed by atoms with E-state index >= 15 is 0 Å². The normalized spacial score (nSPS) is 10.8. The zero-order valence-corrected chi connectivity index (χ0v) is 15.4. The SMILES string of the molecule is COc1cc(-c2cc(=O)c3c(O)cc(O)c(CC=C(C)C)c3o2)ccc1N. The van der Waals surface area contributed by atoms with Gasteiger partial charge in [-0.25, -0.2) is 0 Å². The van der Waals surface area contributed by atoms with Gasteiger partial charge < -0.3 is 25.1 Å². The molecule has 0 bridgehead atoms. The highest BCUT2D eigenvalue weighted by atomic mass is 16.5. The number of phenols is 2. The zero-order chi connectivity index (χ0) is 19.7. The molecule has 0 atom stereocenters. The highest BCUT2D eigenvalue weighted by Crippen LogP contribution is 2.36. The second-order valence-electron chi connectivity index (χ2n) is 6.51. The fraction of sp³-hybridized carbons (Fsp3) is 0.190. The third-order valence-corrected chi connectivity index (χ3v) is 4.29. The maximum absolute atomic E-state index is 12.6. The summed E-state index contributed by atoms with van der Waals surface area (Å²) >= 11 is 0. The van der Waals surface area contributed by atoms with Gasteiger partial charge in [-0.05, 0) is 38.5 Å². The van der Waals surface area contributed by atoms with Crippen molar-refractivity contribution in [1.29, 1.82) is 0 Å². The lowest BCUT2D eigenvalue weighted by atomic mass is 10.0. The molecule has 0 amide bonds. The first-order valence-electron chi connectivity index (χ1n) is 8.40. The van der Waals surface area contributed by atoms with Crippen LogP contribution in [0.15, 0.2) is 51.2 Å². The van der Waals surface area contributed by atoms with Gasteiger partial charge in [-0.2, -0.15) is 0 Å². The Labute approximate surface area is 156 Å². The molecule has 4 N–H and O–H groups in total. The minimum Gasteiger partial charge on any atom is -0.507 e. The van der Waals surface area contributed by atoms with Crippen molar-refractivity contribution in [3.05, 3.63) is 57.8 Å². The van der Waals surface area contributed by atoms with Crippen molar-refractivity contribution in [3.63, 3.8) is 0 Å². The Morgan fingerprint density at radius 3 is 2.59 bits per heavy atom. The first-order chi connectivity index (χ1) is 12.8. The van der Waals surface area contributed by atoms with Crippen LogP contribution in [0.2, 0.25) is 0 Å². The molecule has 27 heavy (non-hydrogen) atoms. The van der Waals surface area contributed by atoms with E-state index in [9.17, 15) is 15.0 Å².